The number of H-pyrrole nitrogens is 1. The summed E-state index contributed by atoms with van der Waals surface area (Å²) in [4.78, 5) is 34.5. The van der Waals surface area contributed by atoms with Crippen molar-refractivity contribution in [1.29, 1.82) is 0 Å². The number of likely N-dealkylation sites (tertiary alicyclic amines) is 1. The molecule has 0 aliphatic carbocycles. The van der Waals surface area contributed by atoms with Crippen molar-refractivity contribution in [1.82, 2.24) is 19.2 Å². The molecule has 1 fully saturated rings. The third-order valence-electron chi connectivity index (χ3n) is 5.71. The second-order valence-corrected chi connectivity index (χ2v) is 9.80. The number of benzene rings is 1. The molecule has 0 unspecified atom stereocenters. The number of hydrogen-bond acceptors (Lipinski definition) is 5. The van der Waals surface area contributed by atoms with Gasteiger partial charge in [0.05, 0.1) is 17.5 Å². The summed E-state index contributed by atoms with van der Waals surface area (Å²) < 4.78 is 38.0. The maximum Gasteiger partial charge on any atom is 0.255 e. The van der Waals surface area contributed by atoms with Gasteiger partial charge in [-0.3, -0.25) is 9.59 Å². The number of halogens is 1. The van der Waals surface area contributed by atoms with Gasteiger partial charge in [-0.25, -0.2) is 17.8 Å². The minimum atomic E-state index is -3.38. The number of rotatable bonds is 3. The smallest absolute Gasteiger partial charge is 0.255 e. The predicted molar refractivity (Wildman–Crippen MR) is 108 cm³/mol. The van der Waals surface area contributed by atoms with E-state index in [0.29, 0.717) is 48.7 Å². The number of carbonyl (C=O) groups excluding carboxylic acids is 1. The molecule has 1 aromatic carbocycles. The van der Waals surface area contributed by atoms with E-state index in [2.05, 4.69) is 9.97 Å². The van der Waals surface area contributed by atoms with Gasteiger partial charge in [0, 0.05) is 44.1 Å². The van der Waals surface area contributed by atoms with Gasteiger partial charge in [0.15, 0.2) is 0 Å². The van der Waals surface area contributed by atoms with Crippen LogP contribution < -0.4 is 5.56 Å². The highest BCUT2D eigenvalue weighted by Gasteiger charge is 2.30. The van der Waals surface area contributed by atoms with Crippen LogP contribution in [0.5, 0.6) is 0 Å². The maximum atomic E-state index is 13.1. The van der Waals surface area contributed by atoms with E-state index in [1.165, 1.54) is 28.6 Å². The summed E-state index contributed by atoms with van der Waals surface area (Å²) in [6.07, 6.45) is 3.05. The minimum Gasteiger partial charge on any atom is -0.338 e. The molecule has 8 nitrogen and oxygen atoms in total. The molecule has 4 rings (SSSR count). The Hall–Kier alpha value is -2.59. The predicted octanol–water partition coefficient (Wildman–Crippen LogP) is 1.25. The fourth-order valence-electron chi connectivity index (χ4n) is 4.06. The van der Waals surface area contributed by atoms with Crippen LogP contribution in [-0.4, -0.2) is 59.4 Å². The monoisotopic (exact) mass is 434 g/mol. The van der Waals surface area contributed by atoms with Gasteiger partial charge in [0.2, 0.25) is 10.0 Å². The second-order valence-electron chi connectivity index (χ2n) is 7.82. The fourth-order valence-corrected chi connectivity index (χ4v) is 4.84. The summed E-state index contributed by atoms with van der Waals surface area (Å²) in [5, 5.41) is 0. The van der Waals surface area contributed by atoms with Gasteiger partial charge < -0.3 is 9.88 Å². The van der Waals surface area contributed by atoms with Crippen LogP contribution >= 0.6 is 0 Å². The Bertz CT molecular complexity index is 1130. The van der Waals surface area contributed by atoms with Crippen molar-refractivity contribution in [3.8, 4) is 0 Å². The van der Waals surface area contributed by atoms with E-state index in [9.17, 15) is 22.4 Å². The summed E-state index contributed by atoms with van der Waals surface area (Å²) in [5.74, 6) is -0.158. The summed E-state index contributed by atoms with van der Waals surface area (Å²) >= 11 is 0. The van der Waals surface area contributed by atoms with Gasteiger partial charge in [-0.15, -0.1) is 0 Å². The Balaban J connectivity index is 1.54. The molecular weight excluding hydrogens is 411 g/mol. The molecule has 1 aromatic heterocycles. The topological polar surface area (TPSA) is 103 Å². The van der Waals surface area contributed by atoms with Crippen LogP contribution in [0.25, 0.3) is 0 Å². The summed E-state index contributed by atoms with van der Waals surface area (Å²) in [7, 11) is -3.38. The third kappa shape index (κ3) is 4.15. The average molecular weight is 434 g/mol. The van der Waals surface area contributed by atoms with Crippen molar-refractivity contribution in [3.63, 3.8) is 0 Å². The number of piperidine rings is 1. The van der Waals surface area contributed by atoms with Crippen molar-refractivity contribution in [2.45, 2.75) is 31.7 Å². The number of sulfonamides is 1. The first-order chi connectivity index (χ1) is 14.2. The molecule has 1 N–H and O–H groups in total. The van der Waals surface area contributed by atoms with Crippen LogP contribution in [0.2, 0.25) is 0 Å². The second kappa shape index (κ2) is 7.92. The SMILES string of the molecule is CS(=O)(=O)N1CCc2nc([C@H]3CCCN(C(=O)c4ccc(F)cc4)C3)[nH]c(=O)c2C1. The van der Waals surface area contributed by atoms with Crippen LogP contribution in [0.3, 0.4) is 0 Å². The van der Waals surface area contributed by atoms with E-state index < -0.39 is 15.8 Å². The lowest BCUT2D eigenvalue weighted by Crippen LogP contribution is -2.41. The zero-order valence-electron chi connectivity index (χ0n) is 16.6. The van der Waals surface area contributed by atoms with E-state index in [0.717, 1.165) is 19.1 Å². The third-order valence-corrected chi connectivity index (χ3v) is 6.96. The highest BCUT2D eigenvalue weighted by atomic mass is 32.2. The van der Waals surface area contributed by atoms with E-state index in [1.807, 2.05) is 0 Å². The molecule has 30 heavy (non-hydrogen) atoms. The molecule has 1 saturated heterocycles. The number of nitrogens with zero attached hydrogens (tertiary/aromatic N) is 3. The van der Waals surface area contributed by atoms with Crippen LogP contribution in [0.4, 0.5) is 4.39 Å². The number of carbonyl (C=O) groups is 1. The number of hydrogen-bond donors (Lipinski definition) is 1. The molecule has 0 radical (unpaired) electrons. The van der Waals surface area contributed by atoms with Crippen LogP contribution in [0, 0.1) is 5.82 Å². The highest BCUT2D eigenvalue weighted by molar-refractivity contribution is 7.88. The average Bonchev–Trinajstić information content (AvgIpc) is 2.73. The van der Waals surface area contributed by atoms with E-state index in [1.54, 1.807) is 4.90 Å². The van der Waals surface area contributed by atoms with Gasteiger partial charge in [-0.05, 0) is 37.1 Å². The van der Waals surface area contributed by atoms with Gasteiger partial charge in [-0.2, -0.15) is 4.31 Å². The van der Waals surface area contributed by atoms with Crippen LogP contribution in [0.1, 0.15) is 46.2 Å². The van der Waals surface area contributed by atoms with Gasteiger partial charge in [0.25, 0.3) is 11.5 Å². The van der Waals surface area contributed by atoms with Crippen molar-refractivity contribution < 1.29 is 17.6 Å². The highest BCUT2D eigenvalue weighted by Crippen LogP contribution is 2.26. The molecule has 2 aromatic rings. The molecular formula is C20H23FN4O4S. The van der Waals surface area contributed by atoms with Crippen molar-refractivity contribution >= 4 is 15.9 Å². The number of aromatic amines is 1. The summed E-state index contributed by atoms with van der Waals surface area (Å²) in [6.45, 7) is 1.32. The lowest BCUT2D eigenvalue weighted by Gasteiger charge is -2.33. The van der Waals surface area contributed by atoms with Crippen LogP contribution in [-0.2, 0) is 23.0 Å². The largest absolute Gasteiger partial charge is 0.338 e. The first-order valence-electron chi connectivity index (χ1n) is 9.84. The van der Waals surface area contributed by atoms with Crippen LogP contribution in [0.15, 0.2) is 29.1 Å². The van der Waals surface area contributed by atoms with Gasteiger partial charge in [0.1, 0.15) is 11.6 Å². The normalized spacial score (nSPS) is 20.1. The van der Waals surface area contributed by atoms with Crippen molar-refractivity contribution in [2.24, 2.45) is 0 Å². The number of fused-ring (bicyclic) bond motifs is 1. The Labute approximate surface area is 173 Å². The first-order valence-corrected chi connectivity index (χ1v) is 11.7. The molecule has 1 amide bonds. The molecule has 3 heterocycles. The number of amides is 1. The zero-order valence-corrected chi connectivity index (χ0v) is 17.4. The van der Waals surface area contributed by atoms with E-state index in [4.69, 9.17) is 0 Å². The minimum absolute atomic E-state index is 0.0244. The quantitative estimate of drug-likeness (QED) is 0.783. The Morgan fingerprint density at radius 3 is 2.67 bits per heavy atom. The first kappa shape index (κ1) is 20.7. The molecule has 0 saturated carbocycles. The molecule has 2 aliphatic heterocycles. The molecule has 10 heteroatoms. The van der Waals surface area contributed by atoms with Gasteiger partial charge >= 0.3 is 0 Å². The van der Waals surface area contributed by atoms with Crippen molar-refractivity contribution in [3.05, 3.63) is 63.1 Å². The van der Waals surface area contributed by atoms with Crippen molar-refractivity contribution in [2.75, 3.05) is 25.9 Å². The Kier molecular flexibility index (Phi) is 5.46. The lowest BCUT2D eigenvalue weighted by atomic mass is 9.96. The molecule has 160 valence electrons. The number of nitrogens with one attached hydrogen (secondary N) is 1. The zero-order chi connectivity index (χ0) is 21.5. The van der Waals surface area contributed by atoms with E-state index >= 15 is 0 Å². The molecule has 1 atom stereocenters. The summed E-state index contributed by atoms with van der Waals surface area (Å²) in [6, 6.07) is 5.45. The lowest BCUT2D eigenvalue weighted by molar-refractivity contribution is 0.0704. The molecule has 0 spiro atoms. The summed E-state index contributed by atoms with van der Waals surface area (Å²) in [5.41, 5.74) is 1.09. The van der Waals surface area contributed by atoms with Gasteiger partial charge in [-0.1, -0.05) is 0 Å². The van der Waals surface area contributed by atoms with E-state index in [-0.39, 0.29) is 23.9 Å². The maximum absolute atomic E-state index is 13.1. The number of aromatic nitrogens is 2. The Morgan fingerprint density at radius 2 is 1.97 bits per heavy atom. The standard InChI is InChI=1S/C20H23FN4O4S/c1-30(28,29)25-10-8-17-16(12-25)19(26)23-18(22-17)14-3-2-9-24(11-14)20(27)13-4-6-15(21)7-5-13/h4-7,14H,2-3,8-12H2,1H3,(H,22,23,26)/t14-/m0/s1. The Morgan fingerprint density at radius 1 is 1.23 bits per heavy atom. The molecule has 2 aliphatic rings. The molecule has 0 bridgehead atoms. The fraction of sp³-hybridized carbons (Fsp3) is 0.450.